The lowest BCUT2D eigenvalue weighted by Gasteiger charge is -2.31. The van der Waals surface area contributed by atoms with Crippen molar-refractivity contribution < 1.29 is 14.3 Å². The minimum absolute atomic E-state index is 0.0666. The fraction of sp³-hybridized carbons (Fsp3) is 0.364. The molecule has 0 atom stereocenters. The summed E-state index contributed by atoms with van der Waals surface area (Å²) >= 11 is 0. The Morgan fingerprint density at radius 2 is 1.62 bits per heavy atom. The molecule has 1 fully saturated rings. The fourth-order valence-corrected chi connectivity index (χ4v) is 3.53. The quantitative estimate of drug-likeness (QED) is 0.775. The van der Waals surface area contributed by atoms with Gasteiger partial charge < -0.3 is 9.64 Å². The van der Waals surface area contributed by atoms with Crippen LogP contribution in [0.5, 0.6) is 0 Å². The molecule has 2 aromatic carbocycles. The Morgan fingerprint density at radius 1 is 0.962 bits per heavy atom. The molecule has 2 aromatic rings. The molecule has 0 aromatic heterocycles. The first kappa shape index (κ1) is 18.2. The van der Waals surface area contributed by atoms with Gasteiger partial charge in [-0.25, -0.2) is 0 Å². The number of carbonyl (C=O) groups is 2. The van der Waals surface area contributed by atoms with E-state index in [-0.39, 0.29) is 17.8 Å². The number of ether oxygens (including phenoxy) is 1. The highest BCUT2D eigenvalue weighted by Crippen LogP contribution is 2.22. The van der Waals surface area contributed by atoms with Gasteiger partial charge in [0.2, 0.25) is 0 Å². The summed E-state index contributed by atoms with van der Waals surface area (Å²) < 4.78 is 4.82. The predicted octanol–water partition coefficient (Wildman–Crippen LogP) is 3.50. The Hall–Kier alpha value is -2.62. The highest BCUT2D eigenvalue weighted by molar-refractivity contribution is 5.95. The van der Waals surface area contributed by atoms with Gasteiger partial charge in [0, 0.05) is 18.7 Å². The summed E-state index contributed by atoms with van der Waals surface area (Å²) in [5.41, 5.74) is 3.13. The molecule has 1 aliphatic heterocycles. The Kier molecular flexibility index (Phi) is 6.05. The molecule has 136 valence electrons. The van der Waals surface area contributed by atoms with Crippen molar-refractivity contribution in [3.63, 3.8) is 0 Å². The standard InChI is InChI=1S/C22H25NO3/c1-26-22(25)19-13-15-23(16-14-19)21(24)20-10-6-5-9-18(20)12-11-17-7-3-2-4-8-17/h2-10,19H,11-16H2,1H3. The number of carbonyl (C=O) groups excluding carboxylic acids is 2. The van der Waals surface area contributed by atoms with Crippen LogP contribution in [0.25, 0.3) is 0 Å². The molecule has 3 rings (SSSR count). The lowest BCUT2D eigenvalue weighted by atomic mass is 9.95. The first-order chi connectivity index (χ1) is 12.7. The van der Waals surface area contributed by atoms with Crippen LogP contribution in [0.4, 0.5) is 0 Å². The van der Waals surface area contributed by atoms with Gasteiger partial charge in [-0.2, -0.15) is 0 Å². The molecule has 4 heteroatoms. The maximum absolute atomic E-state index is 13.0. The first-order valence-electron chi connectivity index (χ1n) is 9.18. The third-order valence-corrected chi connectivity index (χ3v) is 5.09. The average molecular weight is 351 g/mol. The number of hydrogen-bond acceptors (Lipinski definition) is 3. The summed E-state index contributed by atoms with van der Waals surface area (Å²) in [4.78, 5) is 26.5. The predicted molar refractivity (Wildman–Crippen MR) is 101 cm³/mol. The fourth-order valence-electron chi connectivity index (χ4n) is 3.53. The zero-order valence-corrected chi connectivity index (χ0v) is 15.2. The highest BCUT2D eigenvalue weighted by Gasteiger charge is 2.28. The van der Waals surface area contributed by atoms with E-state index in [1.807, 2.05) is 47.4 Å². The summed E-state index contributed by atoms with van der Waals surface area (Å²) in [6.07, 6.45) is 3.09. The van der Waals surface area contributed by atoms with Crippen LogP contribution in [0, 0.1) is 5.92 Å². The van der Waals surface area contributed by atoms with Gasteiger partial charge in [0.05, 0.1) is 13.0 Å². The molecule has 0 unspecified atom stereocenters. The van der Waals surface area contributed by atoms with E-state index in [0.717, 1.165) is 24.0 Å². The van der Waals surface area contributed by atoms with Gasteiger partial charge in [-0.15, -0.1) is 0 Å². The lowest BCUT2D eigenvalue weighted by Crippen LogP contribution is -2.40. The van der Waals surface area contributed by atoms with E-state index in [0.29, 0.717) is 25.9 Å². The van der Waals surface area contributed by atoms with Gasteiger partial charge >= 0.3 is 5.97 Å². The molecule has 0 spiro atoms. The van der Waals surface area contributed by atoms with Gasteiger partial charge in [0.25, 0.3) is 5.91 Å². The summed E-state index contributed by atoms with van der Waals surface area (Å²) in [5.74, 6) is -0.185. The minimum Gasteiger partial charge on any atom is -0.469 e. The summed E-state index contributed by atoms with van der Waals surface area (Å²) in [6.45, 7) is 1.21. The van der Waals surface area contributed by atoms with Crippen LogP contribution in [0.3, 0.4) is 0 Å². The highest BCUT2D eigenvalue weighted by atomic mass is 16.5. The summed E-state index contributed by atoms with van der Waals surface area (Å²) in [5, 5.41) is 0. The molecule has 0 aliphatic carbocycles. The van der Waals surface area contributed by atoms with E-state index in [2.05, 4.69) is 12.1 Å². The van der Waals surface area contributed by atoms with Crippen LogP contribution in [0.2, 0.25) is 0 Å². The molecular weight excluding hydrogens is 326 g/mol. The molecule has 0 saturated carbocycles. The number of piperidine rings is 1. The Balaban J connectivity index is 1.65. The molecule has 26 heavy (non-hydrogen) atoms. The SMILES string of the molecule is COC(=O)C1CCN(C(=O)c2ccccc2CCc2ccccc2)CC1. The van der Waals surface area contributed by atoms with Gasteiger partial charge in [0.1, 0.15) is 0 Å². The van der Waals surface area contributed by atoms with Crippen LogP contribution in [0.15, 0.2) is 54.6 Å². The number of likely N-dealkylation sites (tertiary alicyclic amines) is 1. The lowest BCUT2D eigenvalue weighted by molar-refractivity contribution is -0.146. The maximum atomic E-state index is 13.0. The number of rotatable bonds is 5. The van der Waals surface area contributed by atoms with Crippen LogP contribution in [-0.2, 0) is 22.4 Å². The van der Waals surface area contributed by atoms with E-state index in [1.165, 1.54) is 12.7 Å². The van der Waals surface area contributed by atoms with Crippen molar-refractivity contribution in [1.82, 2.24) is 4.90 Å². The maximum Gasteiger partial charge on any atom is 0.308 e. The van der Waals surface area contributed by atoms with Crippen LogP contribution >= 0.6 is 0 Å². The van der Waals surface area contributed by atoms with Crippen molar-refractivity contribution in [3.8, 4) is 0 Å². The molecule has 1 saturated heterocycles. The van der Waals surface area contributed by atoms with Gasteiger partial charge in [-0.05, 0) is 42.9 Å². The second-order valence-electron chi connectivity index (χ2n) is 6.73. The van der Waals surface area contributed by atoms with Crippen LogP contribution in [0.1, 0.15) is 34.3 Å². The number of methoxy groups -OCH3 is 1. The topological polar surface area (TPSA) is 46.6 Å². The zero-order chi connectivity index (χ0) is 18.4. The third kappa shape index (κ3) is 4.31. The van der Waals surface area contributed by atoms with Crippen LogP contribution < -0.4 is 0 Å². The summed E-state index contributed by atoms with van der Waals surface area (Å²) in [7, 11) is 1.42. The largest absolute Gasteiger partial charge is 0.469 e. The van der Waals surface area contributed by atoms with Crippen molar-refractivity contribution >= 4 is 11.9 Å². The van der Waals surface area contributed by atoms with Crippen molar-refractivity contribution in [2.75, 3.05) is 20.2 Å². The number of aryl methyl sites for hydroxylation is 2. The monoisotopic (exact) mass is 351 g/mol. The zero-order valence-electron chi connectivity index (χ0n) is 15.2. The smallest absolute Gasteiger partial charge is 0.308 e. The van der Waals surface area contributed by atoms with Gasteiger partial charge in [-0.3, -0.25) is 9.59 Å². The number of amides is 1. The second kappa shape index (κ2) is 8.65. The van der Waals surface area contributed by atoms with E-state index in [4.69, 9.17) is 4.74 Å². The molecule has 0 bridgehead atoms. The second-order valence-corrected chi connectivity index (χ2v) is 6.73. The Bertz CT molecular complexity index is 749. The summed E-state index contributed by atoms with van der Waals surface area (Å²) in [6, 6.07) is 18.2. The number of hydrogen-bond donors (Lipinski definition) is 0. The minimum atomic E-state index is -0.166. The molecular formula is C22H25NO3. The third-order valence-electron chi connectivity index (χ3n) is 5.09. The van der Waals surface area contributed by atoms with Gasteiger partial charge in [-0.1, -0.05) is 48.5 Å². The Labute approximate surface area is 154 Å². The molecule has 0 N–H and O–H groups in total. The van der Waals surface area contributed by atoms with E-state index >= 15 is 0 Å². The Morgan fingerprint density at radius 3 is 2.31 bits per heavy atom. The van der Waals surface area contributed by atoms with E-state index in [9.17, 15) is 9.59 Å². The molecule has 1 heterocycles. The van der Waals surface area contributed by atoms with Crippen LogP contribution in [-0.4, -0.2) is 37.0 Å². The average Bonchev–Trinajstić information content (AvgIpc) is 2.72. The number of benzene rings is 2. The molecule has 1 aliphatic rings. The number of esters is 1. The van der Waals surface area contributed by atoms with Crippen molar-refractivity contribution in [2.45, 2.75) is 25.7 Å². The molecule has 1 amide bonds. The van der Waals surface area contributed by atoms with Crippen molar-refractivity contribution in [2.24, 2.45) is 5.92 Å². The van der Waals surface area contributed by atoms with E-state index in [1.54, 1.807) is 0 Å². The van der Waals surface area contributed by atoms with Gasteiger partial charge in [0.15, 0.2) is 0 Å². The van der Waals surface area contributed by atoms with Crippen molar-refractivity contribution in [1.29, 1.82) is 0 Å². The number of nitrogens with zero attached hydrogens (tertiary/aromatic N) is 1. The van der Waals surface area contributed by atoms with E-state index < -0.39 is 0 Å². The normalized spacial score (nSPS) is 14.9. The first-order valence-corrected chi connectivity index (χ1v) is 9.18. The molecule has 0 radical (unpaired) electrons. The molecule has 4 nitrogen and oxygen atoms in total. The van der Waals surface area contributed by atoms with Crippen molar-refractivity contribution in [3.05, 3.63) is 71.3 Å².